The van der Waals surface area contributed by atoms with Crippen LogP contribution in [0.3, 0.4) is 0 Å². The second kappa shape index (κ2) is 27.3. The van der Waals surface area contributed by atoms with Gasteiger partial charge >= 0.3 is 6.09 Å². The van der Waals surface area contributed by atoms with E-state index in [9.17, 15) is 4.79 Å². The van der Waals surface area contributed by atoms with E-state index < -0.39 is 0 Å². The molecule has 0 unspecified atom stereocenters. The molecule has 4 aromatic rings. The Bertz CT molecular complexity index is 1290. The Morgan fingerprint density at radius 3 is 2.11 bits per heavy atom. The molecule has 0 saturated carbocycles. The highest BCUT2D eigenvalue weighted by Crippen LogP contribution is 2.21. The molecule has 256 valence electrons. The van der Waals surface area contributed by atoms with Crippen molar-refractivity contribution in [3.05, 3.63) is 66.7 Å². The molecule has 10 heteroatoms. The first-order valence-electron chi connectivity index (χ1n) is 17.0. The minimum atomic E-state index is -0.177. The topological polar surface area (TPSA) is 121 Å². The van der Waals surface area contributed by atoms with Gasteiger partial charge in [-0.1, -0.05) is 99.1 Å². The second-order valence-corrected chi connectivity index (χ2v) is 9.37. The molecular weight excluding hydrogens is 578 g/mol. The van der Waals surface area contributed by atoms with Gasteiger partial charge in [-0.3, -0.25) is 0 Å². The summed E-state index contributed by atoms with van der Waals surface area (Å²) in [6.45, 7) is 21.6. The molecule has 1 amide bonds. The number of hydrogen-bond donors (Lipinski definition) is 1. The van der Waals surface area contributed by atoms with Gasteiger partial charge in [0.2, 0.25) is 0 Å². The van der Waals surface area contributed by atoms with E-state index in [1.165, 1.54) is 12.8 Å². The number of nitrogen functional groups attached to an aromatic ring is 1. The fourth-order valence-corrected chi connectivity index (χ4v) is 3.92. The Morgan fingerprint density at radius 1 is 0.870 bits per heavy atom. The van der Waals surface area contributed by atoms with Crippen LogP contribution in [0.25, 0.3) is 22.6 Å². The van der Waals surface area contributed by atoms with Crippen molar-refractivity contribution in [1.29, 1.82) is 0 Å². The maximum Gasteiger partial charge on any atom is 0.410 e. The second-order valence-electron chi connectivity index (χ2n) is 9.37. The number of nitrogens with two attached hydrogens (primary N) is 1. The van der Waals surface area contributed by atoms with E-state index in [4.69, 9.17) is 15.2 Å². The van der Waals surface area contributed by atoms with Gasteiger partial charge in [-0.05, 0) is 37.3 Å². The zero-order chi connectivity index (χ0) is 34.6. The molecule has 1 fully saturated rings. The number of hydrogen-bond acceptors (Lipinski definition) is 8. The van der Waals surface area contributed by atoms with Crippen LogP contribution in [0.15, 0.2) is 61.2 Å². The zero-order valence-corrected chi connectivity index (χ0v) is 29.8. The monoisotopic (exact) mass is 637 g/mol. The molecule has 0 atom stereocenters. The van der Waals surface area contributed by atoms with Gasteiger partial charge in [0.05, 0.1) is 6.20 Å². The molecule has 1 aliphatic heterocycles. The normalized spacial score (nSPS) is 11.4. The Labute approximate surface area is 277 Å². The van der Waals surface area contributed by atoms with Gasteiger partial charge in [-0.25, -0.2) is 24.7 Å². The summed E-state index contributed by atoms with van der Waals surface area (Å²) in [5, 5.41) is 0. The molecule has 1 aliphatic rings. The van der Waals surface area contributed by atoms with Crippen molar-refractivity contribution in [3.63, 3.8) is 0 Å². The summed E-state index contributed by atoms with van der Waals surface area (Å²) in [6, 6.07) is 11.7. The van der Waals surface area contributed by atoms with Crippen LogP contribution in [0.5, 0.6) is 0 Å². The molecule has 0 bridgehead atoms. The molecule has 3 aromatic heterocycles. The van der Waals surface area contributed by atoms with Crippen LogP contribution in [0.2, 0.25) is 0 Å². The molecule has 4 heterocycles. The van der Waals surface area contributed by atoms with Crippen LogP contribution in [-0.4, -0.2) is 55.2 Å². The number of nitrogens with zero attached hydrogens (tertiary/aromatic N) is 6. The first-order chi connectivity index (χ1) is 22.6. The van der Waals surface area contributed by atoms with Crippen LogP contribution in [0.4, 0.5) is 10.6 Å². The van der Waals surface area contributed by atoms with Crippen molar-refractivity contribution in [2.45, 2.75) is 108 Å². The number of anilines is 1. The summed E-state index contributed by atoms with van der Waals surface area (Å²) in [4.78, 5) is 30.7. The molecule has 10 nitrogen and oxygen atoms in total. The van der Waals surface area contributed by atoms with E-state index in [1.807, 2.05) is 88.7 Å². The summed E-state index contributed by atoms with van der Waals surface area (Å²) in [5.74, 6) is 0.344. The molecule has 5 rings (SSSR count). The average Bonchev–Trinajstić information content (AvgIpc) is 3.53. The lowest BCUT2D eigenvalue weighted by atomic mass is 10.1. The van der Waals surface area contributed by atoms with Gasteiger partial charge in [0, 0.05) is 38.3 Å². The van der Waals surface area contributed by atoms with Gasteiger partial charge in [-0.15, -0.1) is 0 Å². The van der Waals surface area contributed by atoms with Crippen molar-refractivity contribution >= 4 is 23.1 Å². The number of carbonyl (C=O) groups is 1. The minimum Gasteiger partial charge on any atom is -0.445 e. The molecular formula is C36H59N7O3. The molecule has 0 radical (unpaired) electrons. The average molecular weight is 638 g/mol. The fraction of sp³-hybridized carbons (Fsp3) is 0.528. The SMILES string of the molecule is CC.CC.CC.CCC.CCCOCn1ccc2nc(-c3nccnc3N)cnc21.O=C(OCc1ccccc1)N1CCCCC1. The molecule has 46 heavy (non-hydrogen) atoms. The number of rotatable bonds is 7. The van der Waals surface area contributed by atoms with E-state index >= 15 is 0 Å². The Balaban J connectivity index is 0.000000721. The lowest BCUT2D eigenvalue weighted by Gasteiger charge is -2.25. The van der Waals surface area contributed by atoms with E-state index in [1.54, 1.807) is 23.5 Å². The standard InChI is InChI=1S/C14H16N6O.C13H17NO2.C3H8.3C2H6/c1-2-7-21-9-20-6-3-10-14(20)18-8-11(19-10)12-13(15)17-5-4-16-12;15-13(14-9-5-2-6-10-14)16-11-12-7-3-1-4-8-12;1-3-2;3*1-2/h3-6,8H,2,7,9H2,1H3,(H2,15,17);1,3-4,7-8H,2,5-6,9-11H2;3H2,1-2H3;3*1-2H3. The first-order valence-corrected chi connectivity index (χ1v) is 17.0. The molecule has 2 N–H and O–H groups in total. The van der Waals surface area contributed by atoms with E-state index in [0.717, 1.165) is 55.7 Å². The third-order valence-electron chi connectivity index (χ3n) is 5.83. The van der Waals surface area contributed by atoms with E-state index in [-0.39, 0.29) is 6.09 Å². The van der Waals surface area contributed by atoms with Gasteiger partial charge in [0.1, 0.15) is 30.2 Å². The first kappa shape index (κ1) is 42.0. The van der Waals surface area contributed by atoms with Crippen LogP contribution in [-0.2, 0) is 22.8 Å². The highest BCUT2D eigenvalue weighted by atomic mass is 16.6. The molecule has 0 spiro atoms. The molecule has 1 saturated heterocycles. The Kier molecular flexibility index (Phi) is 24.9. The van der Waals surface area contributed by atoms with Crippen LogP contribution < -0.4 is 5.73 Å². The Morgan fingerprint density at radius 2 is 1.50 bits per heavy atom. The predicted octanol–water partition coefficient (Wildman–Crippen LogP) is 9.16. The third kappa shape index (κ3) is 15.3. The number of aromatic nitrogens is 5. The van der Waals surface area contributed by atoms with E-state index in [2.05, 4.69) is 40.7 Å². The largest absolute Gasteiger partial charge is 0.445 e. The Hall–Kier alpha value is -4.05. The van der Waals surface area contributed by atoms with E-state index in [0.29, 0.717) is 30.5 Å². The summed E-state index contributed by atoms with van der Waals surface area (Å²) in [7, 11) is 0. The number of ether oxygens (including phenoxy) is 2. The van der Waals surface area contributed by atoms with Gasteiger partial charge in [0.15, 0.2) is 11.5 Å². The minimum absolute atomic E-state index is 0.177. The lowest BCUT2D eigenvalue weighted by molar-refractivity contribution is 0.0800. The van der Waals surface area contributed by atoms with Crippen molar-refractivity contribution in [2.75, 3.05) is 25.4 Å². The zero-order valence-electron chi connectivity index (χ0n) is 29.8. The number of benzene rings is 1. The summed E-state index contributed by atoms with van der Waals surface area (Å²) < 4.78 is 12.7. The van der Waals surface area contributed by atoms with Crippen molar-refractivity contribution < 1.29 is 14.3 Å². The quantitative estimate of drug-likeness (QED) is 0.199. The third-order valence-corrected chi connectivity index (χ3v) is 5.83. The number of carbonyl (C=O) groups excluding carboxylic acids is 1. The predicted molar refractivity (Wildman–Crippen MR) is 191 cm³/mol. The summed E-state index contributed by atoms with van der Waals surface area (Å²) >= 11 is 0. The van der Waals surface area contributed by atoms with Crippen LogP contribution >= 0.6 is 0 Å². The number of piperidine rings is 1. The lowest BCUT2D eigenvalue weighted by Crippen LogP contribution is -2.35. The smallest absolute Gasteiger partial charge is 0.410 e. The maximum atomic E-state index is 11.7. The fourth-order valence-electron chi connectivity index (χ4n) is 3.92. The highest BCUT2D eigenvalue weighted by Gasteiger charge is 2.17. The number of fused-ring (bicyclic) bond motifs is 1. The maximum absolute atomic E-state index is 11.7. The van der Waals surface area contributed by atoms with Gasteiger partial charge in [-0.2, -0.15) is 0 Å². The highest BCUT2D eigenvalue weighted by molar-refractivity contribution is 5.76. The number of likely N-dealkylation sites (tertiary alicyclic amines) is 1. The summed E-state index contributed by atoms with van der Waals surface area (Å²) in [6.07, 6.45) is 12.2. The van der Waals surface area contributed by atoms with Gasteiger partial charge in [0.25, 0.3) is 0 Å². The van der Waals surface area contributed by atoms with Crippen LogP contribution in [0, 0.1) is 0 Å². The van der Waals surface area contributed by atoms with Crippen LogP contribution in [0.1, 0.15) is 100.0 Å². The molecule has 0 aliphatic carbocycles. The van der Waals surface area contributed by atoms with Crippen molar-refractivity contribution in [2.24, 2.45) is 0 Å². The van der Waals surface area contributed by atoms with Crippen molar-refractivity contribution in [3.8, 4) is 11.4 Å². The molecule has 1 aromatic carbocycles. The van der Waals surface area contributed by atoms with Crippen molar-refractivity contribution in [1.82, 2.24) is 29.4 Å². The van der Waals surface area contributed by atoms with Gasteiger partial charge < -0.3 is 24.7 Å². The summed E-state index contributed by atoms with van der Waals surface area (Å²) in [5.41, 5.74) is 9.56. The number of amides is 1.